The van der Waals surface area contributed by atoms with E-state index in [1.54, 1.807) is 7.11 Å². The van der Waals surface area contributed by atoms with E-state index in [0.29, 0.717) is 6.61 Å². The Bertz CT molecular complexity index is 494. The van der Waals surface area contributed by atoms with Crippen LogP contribution in [0.1, 0.15) is 6.92 Å². The van der Waals surface area contributed by atoms with Gasteiger partial charge in [0.05, 0.1) is 6.61 Å². The minimum absolute atomic E-state index is 0.216. The highest BCUT2D eigenvalue weighted by Gasteiger charge is 2.09. The predicted molar refractivity (Wildman–Crippen MR) is 67.6 cm³/mol. The largest absolute Gasteiger partial charge is 0.490 e. The molecular formula is C14H16O3. The summed E-state index contributed by atoms with van der Waals surface area (Å²) in [6.07, 6.45) is 0. The lowest BCUT2D eigenvalue weighted by Gasteiger charge is -2.13. The van der Waals surface area contributed by atoms with E-state index in [1.165, 1.54) is 0 Å². The first-order valence-electron chi connectivity index (χ1n) is 5.63. The van der Waals surface area contributed by atoms with E-state index in [9.17, 15) is 0 Å². The Morgan fingerprint density at radius 2 is 1.82 bits per heavy atom. The van der Waals surface area contributed by atoms with Gasteiger partial charge in [-0.3, -0.25) is 0 Å². The third-order valence-corrected chi connectivity index (χ3v) is 2.46. The molecule has 0 aliphatic carbocycles. The van der Waals surface area contributed by atoms with Crippen molar-refractivity contribution in [2.75, 3.05) is 20.5 Å². The predicted octanol–water partition coefficient (Wildman–Crippen LogP) is 3.22. The molecule has 3 heteroatoms. The van der Waals surface area contributed by atoms with Crippen molar-refractivity contribution in [3.63, 3.8) is 0 Å². The molecule has 90 valence electrons. The van der Waals surface area contributed by atoms with Crippen LogP contribution in [0.5, 0.6) is 11.5 Å². The van der Waals surface area contributed by atoms with Crippen LogP contribution in [0.25, 0.3) is 10.8 Å². The summed E-state index contributed by atoms with van der Waals surface area (Å²) in [5, 5.41) is 2.16. The van der Waals surface area contributed by atoms with Gasteiger partial charge in [-0.15, -0.1) is 0 Å². The number of fused-ring (bicyclic) bond motifs is 1. The Balaban J connectivity index is 2.49. The first-order valence-corrected chi connectivity index (χ1v) is 5.63. The third-order valence-electron chi connectivity index (χ3n) is 2.46. The van der Waals surface area contributed by atoms with Crippen LogP contribution in [-0.2, 0) is 4.74 Å². The fraction of sp³-hybridized carbons (Fsp3) is 0.286. The standard InChI is InChI=1S/C14H16O3/c1-3-16-13-9-8-11-6-4-5-7-12(11)14(13)17-10-15-2/h4-9H,3,10H2,1-2H3. The van der Waals surface area contributed by atoms with Gasteiger partial charge in [0, 0.05) is 12.5 Å². The molecule has 0 aliphatic rings. The molecule has 0 atom stereocenters. The summed E-state index contributed by atoms with van der Waals surface area (Å²) in [5.74, 6) is 1.50. The molecule has 0 heterocycles. The SMILES string of the molecule is CCOc1ccc2ccccc2c1OCOC. The quantitative estimate of drug-likeness (QED) is 0.741. The van der Waals surface area contributed by atoms with Gasteiger partial charge in [0.25, 0.3) is 0 Å². The van der Waals surface area contributed by atoms with Gasteiger partial charge in [0.1, 0.15) is 0 Å². The van der Waals surface area contributed by atoms with Gasteiger partial charge in [-0.25, -0.2) is 0 Å². The zero-order valence-corrected chi connectivity index (χ0v) is 10.1. The molecule has 2 rings (SSSR count). The van der Waals surface area contributed by atoms with Crippen LogP contribution in [0.4, 0.5) is 0 Å². The second-order valence-corrected chi connectivity index (χ2v) is 3.60. The van der Waals surface area contributed by atoms with Crippen molar-refractivity contribution in [3.05, 3.63) is 36.4 Å². The second-order valence-electron chi connectivity index (χ2n) is 3.60. The van der Waals surface area contributed by atoms with Crippen LogP contribution in [0.15, 0.2) is 36.4 Å². The molecule has 3 nitrogen and oxygen atoms in total. The van der Waals surface area contributed by atoms with E-state index >= 15 is 0 Å². The number of benzene rings is 2. The van der Waals surface area contributed by atoms with Crippen molar-refractivity contribution in [3.8, 4) is 11.5 Å². The number of methoxy groups -OCH3 is 1. The highest BCUT2D eigenvalue weighted by molar-refractivity contribution is 5.90. The zero-order chi connectivity index (χ0) is 12.1. The maximum Gasteiger partial charge on any atom is 0.188 e. The molecule has 0 aliphatic heterocycles. The van der Waals surface area contributed by atoms with Crippen molar-refractivity contribution in [2.45, 2.75) is 6.92 Å². The van der Waals surface area contributed by atoms with E-state index in [-0.39, 0.29) is 6.79 Å². The van der Waals surface area contributed by atoms with Crippen molar-refractivity contribution in [1.82, 2.24) is 0 Å². The number of hydrogen-bond donors (Lipinski definition) is 0. The molecule has 0 saturated heterocycles. The lowest BCUT2D eigenvalue weighted by atomic mass is 10.1. The van der Waals surface area contributed by atoms with Crippen molar-refractivity contribution >= 4 is 10.8 Å². The smallest absolute Gasteiger partial charge is 0.188 e. The van der Waals surface area contributed by atoms with Crippen LogP contribution < -0.4 is 9.47 Å². The van der Waals surface area contributed by atoms with Crippen molar-refractivity contribution in [2.24, 2.45) is 0 Å². The van der Waals surface area contributed by atoms with Crippen LogP contribution in [0.3, 0.4) is 0 Å². The Labute approximate surface area is 101 Å². The minimum atomic E-state index is 0.216. The van der Waals surface area contributed by atoms with Gasteiger partial charge in [0.2, 0.25) is 0 Å². The topological polar surface area (TPSA) is 27.7 Å². The Kier molecular flexibility index (Phi) is 3.83. The van der Waals surface area contributed by atoms with E-state index in [1.807, 2.05) is 43.3 Å². The summed E-state index contributed by atoms with van der Waals surface area (Å²) in [6.45, 7) is 2.78. The Hall–Kier alpha value is -1.74. The summed E-state index contributed by atoms with van der Waals surface area (Å²) in [7, 11) is 1.60. The van der Waals surface area contributed by atoms with Crippen LogP contribution in [-0.4, -0.2) is 20.5 Å². The molecule has 0 fully saturated rings. The average molecular weight is 232 g/mol. The monoisotopic (exact) mass is 232 g/mol. The fourth-order valence-electron chi connectivity index (χ4n) is 1.76. The van der Waals surface area contributed by atoms with E-state index in [2.05, 4.69) is 0 Å². The molecule has 0 amide bonds. The molecule has 0 bridgehead atoms. The molecule has 0 radical (unpaired) electrons. The average Bonchev–Trinajstić information content (AvgIpc) is 2.37. The van der Waals surface area contributed by atoms with Gasteiger partial charge in [-0.1, -0.05) is 30.3 Å². The second kappa shape index (κ2) is 5.55. The van der Waals surface area contributed by atoms with E-state index in [4.69, 9.17) is 14.2 Å². The minimum Gasteiger partial charge on any atom is -0.490 e. The maximum atomic E-state index is 5.60. The number of ether oxygens (including phenoxy) is 3. The lowest BCUT2D eigenvalue weighted by Crippen LogP contribution is -2.02. The van der Waals surface area contributed by atoms with Crippen LogP contribution in [0, 0.1) is 0 Å². The summed E-state index contributed by atoms with van der Waals surface area (Å²) >= 11 is 0. The number of hydrogen-bond acceptors (Lipinski definition) is 3. The molecule has 0 N–H and O–H groups in total. The zero-order valence-electron chi connectivity index (χ0n) is 10.1. The Morgan fingerprint density at radius 3 is 2.59 bits per heavy atom. The third kappa shape index (κ3) is 2.50. The molecular weight excluding hydrogens is 216 g/mol. The summed E-state index contributed by atoms with van der Waals surface area (Å²) in [5.41, 5.74) is 0. The molecule has 0 aromatic heterocycles. The van der Waals surface area contributed by atoms with Gasteiger partial charge in [-0.05, 0) is 18.4 Å². The van der Waals surface area contributed by atoms with Crippen molar-refractivity contribution in [1.29, 1.82) is 0 Å². The molecule has 0 unspecified atom stereocenters. The first-order chi connectivity index (χ1) is 8.36. The maximum absolute atomic E-state index is 5.60. The lowest BCUT2D eigenvalue weighted by molar-refractivity contribution is 0.0499. The fourth-order valence-corrected chi connectivity index (χ4v) is 1.76. The van der Waals surface area contributed by atoms with Crippen LogP contribution >= 0.6 is 0 Å². The highest BCUT2D eigenvalue weighted by Crippen LogP contribution is 2.35. The van der Waals surface area contributed by atoms with E-state index in [0.717, 1.165) is 22.3 Å². The molecule has 0 saturated carbocycles. The van der Waals surface area contributed by atoms with Gasteiger partial charge >= 0.3 is 0 Å². The summed E-state index contributed by atoms with van der Waals surface area (Å²) in [6, 6.07) is 12.0. The van der Waals surface area contributed by atoms with Crippen LogP contribution in [0.2, 0.25) is 0 Å². The molecule has 17 heavy (non-hydrogen) atoms. The first kappa shape index (κ1) is 11.7. The highest BCUT2D eigenvalue weighted by atomic mass is 16.7. The van der Waals surface area contributed by atoms with E-state index < -0.39 is 0 Å². The van der Waals surface area contributed by atoms with Gasteiger partial charge in [-0.2, -0.15) is 0 Å². The summed E-state index contributed by atoms with van der Waals surface area (Å²) < 4.78 is 16.1. The summed E-state index contributed by atoms with van der Waals surface area (Å²) in [4.78, 5) is 0. The molecule has 2 aromatic carbocycles. The van der Waals surface area contributed by atoms with Gasteiger partial charge < -0.3 is 14.2 Å². The normalized spacial score (nSPS) is 10.5. The molecule has 2 aromatic rings. The van der Waals surface area contributed by atoms with Gasteiger partial charge in [0.15, 0.2) is 18.3 Å². The van der Waals surface area contributed by atoms with Crippen molar-refractivity contribution < 1.29 is 14.2 Å². The Morgan fingerprint density at radius 1 is 1.00 bits per heavy atom. The number of rotatable bonds is 5. The molecule has 0 spiro atoms.